The van der Waals surface area contributed by atoms with Crippen molar-refractivity contribution in [3.05, 3.63) is 59.7 Å². The van der Waals surface area contributed by atoms with Gasteiger partial charge < -0.3 is 20.3 Å². The molecular formula is C23H23N3O5. The van der Waals surface area contributed by atoms with Gasteiger partial charge in [0.15, 0.2) is 12.4 Å². The molecule has 0 aliphatic carbocycles. The van der Waals surface area contributed by atoms with E-state index in [-0.39, 0.29) is 42.6 Å². The number of rotatable bonds is 5. The molecule has 0 bridgehead atoms. The third-order valence-corrected chi connectivity index (χ3v) is 5.55. The van der Waals surface area contributed by atoms with Crippen molar-refractivity contribution < 1.29 is 23.9 Å². The Morgan fingerprint density at radius 3 is 2.52 bits per heavy atom. The maximum atomic E-state index is 12.9. The van der Waals surface area contributed by atoms with Gasteiger partial charge in [0.25, 0.3) is 11.8 Å². The van der Waals surface area contributed by atoms with Crippen molar-refractivity contribution in [3.8, 4) is 5.75 Å². The van der Waals surface area contributed by atoms with E-state index < -0.39 is 0 Å². The first-order chi connectivity index (χ1) is 15.0. The fourth-order valence-electron chi connectivity index (χ4n) is 3.82. The van der Waals surface area contributed by atoms with Crippen molar-refractivity contribution in [2.45, 2.75) is 12.8 Å². The third-order valence-electron chi connectivity index (χ3n) is 5.55. The number of carbonyl (C=O) groups is 4. The van der Waals surface area contributed by atoms with Crippen molar-refractivity contribution in [1.29, 1.82) is 0 Å². The Morgan fingerprint density at radius 2 is 1.77 bits per heavy atom. The molecule has 2 aliphatic rings. The lowest BCUT2D eigenvalue weighted by Crippen LogP contribution is -2.45. The van der Waals surface area contributed by atoms with Gasteiger partial charge in [0.2, 0.25) is 5.91 Å². The number of nitrogens with one attached hydrogen (secondary N) is 2. The highest BCUT2D eigenvalue weighted by Gasteiger charge is 2.29. The average molecular weight is 421 g/mol. The third kappa shape index (κ3) is 4.74. The molecule has 31 heavy (non-hydrogen) atoms. The minimum atomic E-state index is -0.289. The maximum absolute atomic E-state index is 12.9. The van der Waals surface area contributed by atoms with Crippen molar-refractivity contribution in [1.82, 2.24) is 10.2 Å². The van der Waals surface area contributed by atoms with E-state index in [9.17, 15) is 19.2 Å². The van der Waals surface area contributed by atoms with Gasteiger partial charge >= 0.3 is 0 Å². The number of nitrogens with zero attached hydrogens (tertiary/aromatic N) is 1. The Balaban J connectivity index is 1.29. The molecule has 2 aliphatic heterocycles. The summed E-state index contributed by atoms with van der Waals surface area (Å²) in [5.74, 6) is -0.350. The number of benzene rings is 2. The number of fused-ring (bicyclic) bond motifs is 1. The van der Waals surface area contributed by atoms with E-state index >= 15 is 0 Å². The monoisotopic (exact) mass is 421 g/mol. The fraction of sp³-hybridized carbons (Fsp3) is 0.304. The molecule has 1 fully saturated rings. The van der Waals surface area contributed by atoms with Gasteiger partial charge in [0.1, 0.15) is 5.75 Å². The molecule has 3 amide bonds. The molecule has 0 atom stereocenters. The first-order valence-corrected chi connectivity index (χ1v) is 10.2. The van der Waals surface area contributed by atoms with Gasteiger partial charge in [0.05, 0.1) is 12.2 Å². The van der Waals surface area contributed by atoms with Crippen LogP contribution in [0.4, 0.5) is 5.69 Å². The van der Waals surface area contributed by atoms with Crippen LogP contribution in [0.3, 0.4) is 0 Å². The number of hydrogen-bond acceptors (Lipinski definition) is 5. The van der Waals surface area contributed by atoms with Crippen LogP contribution in [0.2, 0.25) is 0 Å². The second kappa shape index (κ2) is 8.99. The van der Waals surface area contributed by atoms with Crippen molar-refractivity contribution in [2.75, 3.05) is 31.6 Å². The molecule has 4 rings (SSSR count). The van der Waals surface area contributed by atoms with Crippen LogP contribution in [0.15, 0.2) is 48.5 Å². The standard InChI is InChI=1S/C23H23N3O5/c27-20-14-31-19-7-6-17(12-18(19)25-20)22(29)15-8-10-26(11-9-15)21(28)13-24-23(30)16-4-2-1-3-5-16/h1-7,12,15H,8-11,13-14H2,(H,24,30)(H,25,27). The van der Waals surface area contributed by atoms with Gasteiger partial charge in [-0.25, -0.2) is 0 Å². The van der Waals surface area contributed by atoms with Crippen LogP contribution in [0.1, 0.15) is 33.6 Å². The quantitative estimate of drug-likeness (QED) is 0.717. The Labute approximate surface area is 179 Å². The number of piperidine rings is 1. The summed E-state index contributed by atoms with van der Waals surface area (Å²) >= 11 is 0. The molecule has 0 saturated carbocycles. The van der Waals surface area contributed by atoms with Gasteiger partial charge in [0, 0.05) is 30.1 Å². The second-order valence-electron chi connectivity index (χ2n) is 7.62. The molecule has 2 aromatic carbocycles. The summed E-state index contributed by atoms with van der Waals surface area (Å²) in [4.78, 5) is 50.6. The molecule has 2 N–H and O–H groups in total. The number of anilines is 1. The minimum absolute atomic E-state index is 0.00731. The van der Waals surface area contributed by atoms with E-state index in [1.807, 2.05) is 6.07 Å². The molecule has 1 saturated heterocycles. The SMILES string of the molecule is O=C1COc2ccc(C(=O)C3CCN(C(=O)CNC(=O)c4ccccc4)CC3)cc2N1. The van der Waals surface area contributed by atoms with Crippen molar-refractivity contribution in [2.24, 2.45) is 5.92 Å². The summed E-state index contributed by atoms with van der Waals surface area (Å²) < 4.78 is 5.33. The molecule has 8 heteroatoms. The number of ketones is 1. The second-order valence-corrected chi connectivity index (χ2v) is 7.62. The van der Waals surface area contributed by atoms with Gasteiger partial charge in [-0.3, -0.25) is 19.2 Å². The number of ether oxygens (including phenoxy) is 1. The molecule has 0 spiro atoms. The Kier molecular flexibility index (Phi) is 5.97. The number of Topliss-reactive ketones (excluding diaryl/α,β-unsaturated/α-hetero) is 1. The van der Waals surface area contributed by atoms with Crippen LogP contribution >= 0.6 is 0 Å². The number of likely N-dealkylation sites (tertiary alicyclic amines) is 1. The molecular weight excluding hydrogens is 398 g/mol. The predicted octanol–water partition coefficient (Wildman–Crippen LogP) is 1.87. The largest absolute Gasteiger partial charge is 0.482 e. The zero-order valence-electron chi connectivity index (χ0n) is 16.9. The normalized spacial score (nSPS) is 16.0. The van der Waals surface area contributed by atoms with Crippen LogP contribution in [0, 0.1) is 5.92 Å². The van der Waals surface area contributed by atoms with E-state index in [0.717, 1.165) is 0 Å². The molecule has 0 unspecified atom stereocenters. The Hall–Kier alpha value is -3.68. The lowest BCUT2D eigenvalue weighted by Gasteiger charge is -2.31. The highest BCUT2D eigenvalue weighted by atomic mass is 16.5. The number of hydrogen-bond donors (Lipinski definition) is 2. The van der Waals surface area contributed by atoms with Gasteiger partial charge in [-0.1, -0.05) is 18.2 Å². The van der Waals surface area contributed by atoms with Crippen molar-refractivity contribution in [3.63, 3.8) is 0 Å². The van der Waals surface area contributed by atoms with Crippen LogP contribution in [-0.4, -0.2) is 54.6 Å². The number of amides is 3. The van der Waals surface area contributed by atoms with E-state index in [1.165, 1.54) is 0 Å². The zero-order chi connectivity index (χ0) is 21.8. The van der Waals surface area contributed by atoms with Crippen molar-refractivity contribution >= 4 is 29.2 Å². The van der Waals surface area contributed by atoms with E-state index in [1.54, 1.807) is 47.4 Å². The fourth-order valence-corrected chi connectivity index (χ4v) is 3.82. The summed E-state index contributed by atoms with van der Waals surface area (Å²) in [6.45, 7) is 0.817. The molecule has 160 valence electrons. The van der Waals surface area contributed by atoms with Gasteiger partial charge in [-0.05, 0) is 43.2 Å². The lowest BCUT2D eigenvalue weighted by molar-refractivity contribution is -0.131. The predicted molar refractivity (Wildman–Crippen MR) is 113 cm³/mol. The van der Waals surface area contributed by atoms with E-state index in [2.05, 4.69) is 10.6 Å². The molecule has 8 nitrogen and oxygen atoms in total. The molecule has 2 aromatic rings. The summed E-state index contributed by atoms with van der Waals surface area (Å²) in [5.41, 5.74) is 1.53. The highest BCUT2D eigenvalue weighted by molar-refractivity contribution is 6.02. The first-order valence-electron chi connectivity index (χ1n) is 10.2. The number of carbonyl (C=O) groups excluding carboxylic acids is 4. The van der Waals surface area contributed by atoms with E-state index in [4.69, 9.17) is 4.74 Å². The molecule has 0 radical (unpaired) electrons. The van der Waals surface area contributed by atoms with E-state index in [0.29, 0.717) is 48.5 Å². The molecule has 2 heterocycles. The zero-order valence-corrected chi connectivity index (χ0v) is 16.9. The average Bonchev–Trinajstić information content (AvgIpc) is 2.82. The lowest BCUT2D eigenvalue weighted by atomic mass is 9.88. The maximum Gasteiger partial charge on any atom is 0.262 e. The Bertz CT molecular complexity index is 1010. The summed E-state index contributed by atoms with van der Waals surface area (Å²) in [7, 11) is 0. The summed E-state index contributed by atoms with van der Waals surface area (Å²) in [6.07, 6.45) is 1.11. The summed E-state index contributed by atoms with van der Waals surface area (Å²) in [5, 5.41) is 5.36. The van der Waals surface area contributed by atoms with Crippen LogP contribution in [0.5, 0.6) is 5.75 Å². The summed E-state index contributed by atoms with van der Waals surface area (Å²) in [6, 6.07) is 13.8. The molecule has 0 aromatic heterocycles. The Morgan fingerprint density at radius 1 is 1.03 bits per heavy atom. The smallest absolute Gasteiger partial charge is 0.262 e. The minimum Gasteiger partial charge on any atom is -0.482 e. The highest BCUT2D eigenvalue weighted by Crippen LogP contribution is 2.30. The van der Waals surface area contributed by atoms with Crippen LogP contribution < -0.4 is 15.4 Å². The first kappa shape index (κ1) is 20.6. The van der Waals surface area contributed by atoms with Gasteiger partial charge in [-0.15, -0.1) is 0 Å². The van der Waals surface area contributed by atoms with Crippen LogP contribution in [0.25, 0.3) is 0 Å². The van der Waals surface area contributed by atoms with Crippen LogP contribution in [-0.2, 0) is 9.59 Å². The van der Waals surface area contributed by atoms with Gasteiger partial charge in [-0.2, -0.15) is 0 Å². The topological polar surface area (TPSA) is 105 Å².